The third kappa shape index (κ3) is 32.0. The van der Waals surface area contributed by atoms with Gasteiger partial charge in [-0.25, -0.2) is 0 Å². The van der Waals surface area contributed by atoms with Crippen molar-refractivity contribution in [3.05, 3.63) is 71.8 Å². The summed E-state index contributed by atoms with van der Waals surface area (Å²) in [5.41, 5.74) is 1.90. The lowest BCUT2D eigenvalue weighted by Crippen LogP contribution is -2.54. The van der Waals surface area contributed by atoms with Gasteiger partial charge in [-0.3, -0.25) is 19.2 Å². The Hall–Kier alpha value is -3.76. The lowest BCUT2D eigenvalue weighted by atomic mass is 10.0. The van der Waals surface area contributed by atoms with Crippen molar-refractivity contribution >= 4 is 23.6 Å². The van der Waals surface area contributed by atoms with Crippen LogP contribution in [0.2, 0.25) is 0 Å². The third-order valence-electron chi connectivity index (χ3n) is 11.9. The van der Waals surface area contributed by atoms with Crippen LogP contribution in [0, 0.1) is 0 Å². The highest BCUT2D eigenvalue weighted by atomic mass is 16.5. The minimum absolute atomic E-state index is 0.0235. The van der Waals surface area contributed by atoms with Gasteiger partial charge in [-0.2, -0.15) is 0 Å². The summed E-state index contributed by atoms with van der Waals surface area (Å²) in [6.45, 7) is 5.15. The SMILES string of the molecule is CCCCCCCCCCCCCCCCNC(=O)[C@H](COCc1ccccc1)NC(=O)CNC(=O)[C@H](COCc1ccccc1)NC(=O)CCCCCCCCCCCCCCC. The maximum absolute atomic E-state index is 13.4. The molecule has 2 aromatic carbocycles. The Morgan fingerprint density at radius 2 is 0.766 bits per heavy atom. The van der Waals surface area contributed by atoms with Crippen LogP contribution in [0.15, 0.2) is 60.7 Å². The largest absolute Gasteiger partial charge is 0.374 e. The zero-order valence-electron chi connectivity index (χ0n) is 40.4. The Balaban J connectivity index is 1.78. The van der Waals surface area contributed by atoms with Gasteiger partial charge in [0.15, 0.2) is 0 Å². The van der Waals surface area contributed by atoms with Gasteiger partial charge in [0.1, 0.15) is 12.1 Å². The summed E-state index contributed by atoms with van der Waals surface area (Å²) < 4.78 is 11.7. The average molecular weight is 891 g/mol. The summed E-state index contributed by atoms with van der Waals surface area (Å²) in [5, 5.41) is 11.2. The highest BCUT2D eigenvalue weighted by Gasteiger charge is 2.24. The number of benzene rings is 2. The predicted molar refractivity (Wildman–Crippen MR) is 263 cm³/mol. The molecule has 0 fully saturated rings. The number of unbranched alkanes of at least 4 members (excludes halogenated alkanes) is 25. The van der Waals surface area contributed by atoms with Gasteiger partial charge >= 0.3 is 0 Å². The van der Waals surface area contributed by atoms with E-state index in [1.165, 1.54) is 135 Å². The third-order valence-corrected chi connectivity index (χ3v) is 11.9. The van der Waals surface area contributed by atoms with Crippen molar-refractivity contribution in [3.8, 4) is 0 Å². The molecule has 0 saturated carbocycles. The average Bonchev–Trinajstić information content (AvgIpc) is 3.31. The molecule has 0 aliphatic carbocycles. The summed E-state index contributed by atoms with van der Waals surface area (Å²) in [4.78, 5) is 53.0. The molecule has 2 aromatic rings. The van der Waals surface area contributed by atoms with E-state index in [0.717, 1.165) is 49.7 Å². The van der Waals surface area contributed by atoms with Gasteiger partial charge < -0.3 is 30.7 Å². The number of rotatable bonds is 43. The van der Waals surface area contributed by atoms with E-state index in [1.807, 2.05) is 60.7 Å². The molecule has 10 heteroatoms. The fraction of sp³-hybridized carbons (Fsp3) is 0.704. The minimum Gasteiger partial charge on any atom is -0.374 e. The van der Waals surface area contributed by atoms with Crippen LogP contribution in [0.4, 0.5) is 0 Å². The Morgan fingerprint density at radius 1 is 0.422 bits per heavy atom. The molecule has 0 radical (unpaired) electrons. The van der Waals surface area contributed by atoms with Crippen LogP contribution >= 0.6 is 0 Å². The molecule has 0 unspecified atom stereocenters. The van der Waals surface area contributed by atoms with Crippen LogP contribution in [0.5, 0.6) is 0 Å². The highest BCUT2D eigenvalue weighted by Crippen LogP contribution is 2.15. The Bertz CT molecular complexity index is 1430. The van der Waals surface area contributed by atoms with Crippen molar-refractivity contribution in [1.29, 1.82) is 0 Å². The summed E-state index contributed by atoms with van der Waals surface area (Å²) in [6, 6.07) is 17.4. The molecule has 362 valence electrons. The van der Waals surface area contributed by atoms with Crippen molar-refractivity contribution in [2.75, 3.05) is 26.3 Å². The molecule has 0 aliphatic heterocycles. The van der Waals surface area contributed by atoms with Gasteiger partial charge in [-0.15, -0.1) is 0 Å². The van der Waals surface area contributed by atoms with E-state index >= 15 is 0 Å². The molecule has 10 nitrogen and oxygen atoms in total. The molecule has 0 heterocycles. The fourth-order valence-corrected chi connectivity index (χ4v) is 7.86. The summed E-state index contributed by atoms with van der Waals surface area (Å²) in [5.74, 6) is -1.60. The molecule has 2 rings (SSSR count). The van der Waals surface area contributed by atoms with Gasteiger partial charge in [0.2, 0.25) is 23.6 Å². The standard InChI is InChI=1S/C54H90N4O6/c1-3-5-7-9-11-13-15-17-19-21-23-25-27-35-41-55-53(61)49(45-63-43-47-36-30-28-31-37-47)58-52(60)42-56-54(62)50(46-64-44-48-38-32-29-33-39-48)57-51(59)40-34-26-24-22-20-18-16-14-12-10-8-6-4-2/h28-33,36-39,49-50H,3-27,34-35,40-46H2,1-2H3,(H,55,61)(H,56,62)(H,57,59)(H,58,60)/t49-,50-/m0/s1. The van der Waals surface area contributed by atoms with Gasteiger partial charge in [-0.1, -0.05) is 235 Å². The minimum atomic E-state index is -0.982. The van der Waals surface area contributed by atoms with Crippen LogP contribution in [0.1, 0.15) is 205 Å². The predicted octanol–water partition coefficient (Wildman–Crippen LogP) is 11.6. The van der Waals surface area contributed by atoms with E-state index in [9.17, 15) is 19.2 Å². The molecule has 4 N–H and O–H groups in total. The Kier molecular flexibility index (Phi) is 35.9. The first kappa shape index (κ1) is 56.4. The number of hydrogen-bond donors (Lipinski definition) is 4. The first-order valence-electron chi connectivity index (χ1n) is 25.8. The van der Waals surface area contributed by atoms with E-state index in [2.05, 4.69) is 35.1 Å². The second-order valence-electron chi connectivity index (χ2n) is 17.8. The van der Waals surface area contributed by atoms with Gasteiger partial charge in [0, 0.05) is 13.0 Å². The van der Waals surface area contributed by atoms with Crippen molar-refractivity contribution < 1.29 is 28.7 Å². The van der Waals surface area contributed by atoms with Crippen molar-refractivity contribution in [1.82, 2.24) is 21.3 Å². The zero-order valence-corrected chi connectivity index (χ0v) is 40.4. The Morgan fingerprint density at radius 3 is 1.17 bits per heavy atom. The number of nitrogens with one attached hydrogen (secondary N) is 4. The molecular weight excluding hydrogens is 801 g/mol. The number of carbonyl (C=O) groups excluding carboxylic acids is 4. The topological polar surface area (TPSA) is 135 Å². The maximum Gasteiger partial charge on any atom is 0.245 e. The fourth-order valence-electron chi connectivity index (χ4n) is 7.86. The molecule has 2 atom stereocenters. The van der Waals surface area contributed by atoms with Gasteiger partial charge in [-0.05, 0) is 24.0 Å². The highest BCUT2D eigenvalue weighted by molar-refractivity contribution is 5.92. The van der Waals surface area contributed by atoms with Crippen LogP contribution in [-0.2, 0) is 41.9 Å². The van der Waals surface area contributed by atoms with Crippen molar-refractivity contribution in [2.45, 2.75) is 219 Å². The van der Waals surface area contributed by atoms with Crippen molar-refractivity contribution in [3.63, 3.8) is 0 Å². The maximum atomic E-state index is 13.4. The van der Waals surface area contributed by atoms with Crippen LogP contribution < -0.4 is 21.3 Å². The summed E-state index contributed by atoms with van der Waals surface area (Å²) >= 11 is 0. The summed E-state index contributed by atoms with van der Waals surface area (Å²) in [7, 11) is 0. The first-order chi connectivity index (χ1) is 31.4. The number of carbonyl (C=O) groups is 4. The molecule has 0 bridgehead atoms. The molecule has 64 heavy (non-hydrogen) atoms. The van der Waals surface area contributed by atoms with Gasteiger partial charge in [0.05, 0.1) is 33.0 Å². The van der Waals surface area contributed by atoms with E-state index in [-0.39, 0.29) is 38.2 Å². The molecule has 0 aliphatic rings. The number of ether oxygens (including phenoxy) is 2. The lowest BCUT2D eigenvalue weighted by molar-refractivity contribution is -0.133. The van der Waals surface area contributed by atoms with E-state index in [4.69, 9.17) is 9.47 Å². The monoisotopic (exact) mass is 891 g/mol. The molecule has 4 amide bonds. The second-order valence-corrected chi connectivity index (χ2v) is 17.8. The van der Waals surface area contributed by atoms with E-state index < -0.39 is 23.9 Å². The van der Waals surface area contributed by atoms with Crippen molar-refractivity contribution in [2.24, 2.45) is 0 Å². The quantitative estimate of drug-likeness (QED) is 0.0490. The smallest absolute Gasteiger partial charge is 0.245 e. The molecule has 0 spiro atoms. The second kappa shape index (κ2) is 40.7. The molecule has 0 saturated heterocycles. The lowest BCUT2D eigenvalue weighted by Gasteiger charge is -2.21. The normalized spacial score (nSPS) is 12.1. The van der Waals surface area contributed by atoms with E-state index in [1.54, 1.807) is 0 Å². The van der Waals surface area contributed by atoms with Crippen LogP contribution in [0.3, 0.4) is 0 Å². The zero-order chi connectivity index (χ0) is 46.0. The van der Waals surface area contributed by atoms with Crippen LogP contribution in [0.25, 0.3) is 0 Å². The van der Waals surface area contributed by atoms with E-state index in [0.29, 0.717) is 19.6 Å². The number of hydrogen-bond acceptors (Lipinski definition) is 6. The Labute approximate surface area is 389 Å². The first-order valence-corrected chi connectivity index (χ1v) is 25.8. The van der Waals surface area contributed by atoms with Gasteiger partial charge in [0.25, 0.3) is 0 Å². The molecule has 0 aromatic heterocycles. The summed E-state index contributed by atoms with van der Waals surface area (Å²) in [6.07, 6.45) is 33.8. The molecular formula is C54H90N4O6. The number of amides is 4. The van der Waals surface area contributed by atoms with Crippen LogP contribution in [-0.4, -0.2) is 62.0 Å².